The number of nitrogens with zero attached hydrogens (tertiary/aromatic N) is 3. The number of aromatic nitrogens is 2. The summed E-state index contributed by atoms with van der Waals surface area (Å²) in [7, 11) is -2.40. The summed E-state index contributed by atoms with van der Waals surface area (Å²) in [6.45, 7) is 1.73. The zero-order valence-corrected chi connectivity index (χ0v) is 17.0. The number of amides is 1. The highest BCUT2D eigenvalue weighted by atomic mass is 32.2. The molecule has 2 atom stereocenters. The molecule has 0 bridgehead atoms. The van der Waals surface area contributed by atoms with Crippen molar-refractivity contribution in [3.05, 3.63) is 47.4 Å². The Morgan fingerprint density at radius 1 is 1.41 bits per heavy atom. The van der Waals surface area contributed by atoms with Gasteiger partial charge in [0.05, 0.1) is 17.7 Å². The van der Waals surface area contributed by atoms with Crippen LogP contribution in [-0.4, -0.2) is 61.6 Å². The van der Waals surface area contributed by atoms with Gasteiger partial charge in [0, 0.05) is 25.8 Å². The molecule has 2 aromatic rings. The standard InChI is InChI=1S/C18H23FN4O5S/c1-12-20-18(28-22-12)14-7-8-23(9-16(14)21-17(24)10-27-2)29(25,26)11-13-5-3-4-6-15(13)19/h3-6,14,16H,7-11H2,1-2H3,(H,21,24)/t14-,16+/m0/s1. The average Bonchev–Trinajstić information content (AvgIpc) is 3.10. The lowest BCUT2D eigenvalue weighted by molar-refractivity contribution is -0.125. The zero-order chi connectivity index (χ0) is 21.0. The van der Waals surface area contributed by atoms with Gasteiger partial charge in [-0.3, -0.25) is 4.79 Å². The van der Waals surface area contributed by atoms with Gasteiger partial charge in [-0.2, -0.15) is 9.29 Å². The molecule has 1 fully saturated rings. The number of benzene rings is 1. The molecule has 3 rings (SSSR count). The van der Waals surface area contributed by atoms with Crippen molar-refractivity contribution in [2.24, 2.45) is 0 Å². The summed E-state index contributed by atoms with van der Waals surface area (Å²) in [4.78, 5) is 16.3. The third-order valence-corrected chi connectivity index (χ3v) is 6.54. The van der Waals surface area contributed by atoms with Crippen LogP contribution in [0.3, 0.4) is 0 Å². The summed E-state index contributed by atoms with van der Waals surface area (Å²) >= 11 is 0. The van der Waals surface area contributed by atoms with Crippen LogP contribution in [-0.2, 0) is 25.3 Å². The Hall–Kier alpha value is -2.37. The van der Waals surface area contributed by atoms with E-state index in [1.54, 1.807) is 13.0 Å². The number of nitrogens with one attached hydrogen (secondary N) is 1. The van der Waals surface area contributed by atoms with Gasteiger partial charge >= 0.3 is 0 Å². The van der Waals surface area contributed by atoms with Crippen LogP contribution in [0.15, 0.2) is 28.8 Å². The van der Waals surface area contributed by atoms with Crippen molar-refractivity contribution in [2.75, 3.05) is 26.8 Å². The van der Waals surface area contributed by atoms with Gasteiger partial charge < -0.3 is 14.6 Å². The van der Waals surface area contributed by atoms with Crippen molar-refractivity contribution in [3.63, 3.8) is 0 Å². The van der Waals surface area contributed by atoms with Gasteiger partial charge in [0.2, 0.25) is 21.8 Å². The smallest absolute Gasteiger partial charge is 0.246 e. The number of hydrogen-bond acceptors (Lipinski definition) is 7. The number of carbonyl (C=O) groups is 1. The van der Waals surface area contributed by atoms with E-state index in [-0.39, 0.29) is 37.1 Å². The van der Waals surface area contributed by atoms with Gasteiger partial charge in [0.1, 0.15) is 12.4 Å². The monoisotopic (exact) mass is 426 g/mol. The van der Waals surface area contributed by atoms with E-state index in [1.807, 2.05) is 0 Å². The van der Waals surface area contributed by atoms with Gasteiger partial charge in [-0.1, -0.05) is 23.4 Å². The molecular formula is C18H23FN4O5S. The van der Waals surface area contributed by atoms with E-state index in [1.165, 1.54) is 29.6 Å². The van der Waals surface area contributed by atoms with Crippen LogP contribution in [0.5, 0.6) is 0 Å². The van der Waals surface area contributed by atoms with Crippen LogP contribution in [0.25, 0.3) is 0 Å². The first-order valence-corrected chi connectivity index (χ1v) is 10.7. The van der Waals surface area contributed by atoms with Crippen molar-refractivity contribution < 1.29 is 26.9 Å². The van der Waals surface area contributed by atoms with Gasteiger partial charge in [-0.25, -0.2) is 12.8 Å². The Balaban J connectivity index is 1.79. The second-order valence-electron chi connectivity index (χ2n) is 6.89. The number of methoxy groups -OCH3 is 1. The zero-order valence-electron chi connectivity index (χ0n) is 16.2. The minimum atomic E-state index is -3.80. The van der Waals surface area contributed by atoms with E-state index in [0.717, 1.165) is 0 Å². The molecule has 1 aliphatic heterocycles. The molecule has 1 N–H and O–H groups in total. The minimum Gasteiger partial charge on any atom is -0.375 e. The maximum atomic E-state index is 13.9. The van der Waals surface area contributed by atoms with E-state index in [9.17, 15) is 17.6 Å². The van der Waals surface area contributed by atoms with Gasteiger partial charge in [-0.05, 0) is 19.4 Å². The second-order valence-corrected chi connectivity index (χ2v) is 8.86. The van der Waals surface area contributed by atoms with Crippen molar-refractivity contribution in [3.8, 4) is 0 Å². The van der Waals surface area contributed by atoms with Crippen LogP contribution in [0.1, 0.15) is 29.6 Å². The minimum absolute atomic E-state index is 0.0122. The number of ether oxygens (including phenoxy) is 1. The number of hydrogen-bond donors (Lipinski definition) is 1. The average molecular weight is 426 g/mol. The van der Waals surface area contributed by atoms with Gasteiger partial charge in [0.15, 0.2) is 5.82 Å². The van der Waals surface area contributed by atoms with Crippen LogP contribution in [0.4, 0.5) is 4.39 Å². The molecule has 1 aromatic heterocycles. The highest BCUT2D eigenvalue weighted by molar-refractivity contribution is 7.88. The third-order valence-electron chi connectivity index (χ3n) is 4.75. The lowest BCUT2D eigenvalue weighted by atomic mass is 9.92. The first kappa shape index (κ1) is 21.3. The summed E-state index contributed by atoms with van der Waals surface area (Å²) in [6, 6.07) is 5.18. The molecule has 0 radical (unpaired) electrons. The fourth-order valence-corrected chi connectivity index (χ4v) is 4.94. The Morgan fingerprint density at radius 3 is 2.83 bits per heavy atom. The molecule has 158 valence electrons. The maximum absolute atomic E-state index is 13.9. The van der Waals surface area contributed by atoms with Crippen LogP contribution in [0, 0.1) is 12.7 Å². The molecule has 9 nitrogen and oxygen atoms in total. The topological polar surface area (TPSA) is 115 Å². The van der Waals surface area contributed by atoms with E-state index in [4.69, 9.17) is 9.26 Å². The summed E-state index contributed by atoms with van der Waals surface area (Å²) in [6.07, 6.45) is 0.371. The Labute approximate surface area is 168 Å². The fraction of sp³-hybridized carbons (Fsp3) is 0.500. The molecule has 0 unspecified atom stereocenters. The van der Waals surface area contributed by atoms with Gasteiger partial charge in [-0.15, -0.1) is 0 Å². The van der Waals surface area contributed by atoms with Crippen molar-refractivity contribution in [2.45, 2.75) is 31.1 Å². The number of rotatable bonds is 7. The molecule has 1 aliphatic rings. The van der Waals surface area contributed by atoms with Crippen LogP contribution in [0.2, 0.25) is 0 Å². The molecule has 0 aliphatic carbocycles. The van der Waals surface area contributed by atoms with Crippen molar-refractivity contribution >= 4 is 15.9 Å². The fourth-order valence-electron chi connectivity index (χ4n) is 3.36. The third kappa shape index (κ3) is 5.17. The van der Waals surface area contributed by atoms with E-state index >= 15 is 0 Å². The molecular weight excluding hydrogens is 403 g/mol. The first-order chi connectivity index (χ1) is 13.8. The van der Waals surface area contributed by atoms with Crippen molar-refractivity contribution in [1.29, 1.82) is 0 Å². The van der Waals surface area contributed by atoms with Crippen LogP contribution >= 0.6 is 0 Å². The highest BCUT2D eigenvalue weighted by Crippen LogP contribution is 2.29. The SMILES string of the molecule is COCC(=O)N[C@@H]1CN(S(=O)(=O)Cc2ccccc2F)CC[C@@H]1c1nc(C)no1. The van der Waals surface area contributed by atoms with E-state index in [2.05, 4.69) is 15.5 Å². The molecule has 0 saturated carbocycles. The summed E-state index contributed by atoms with van der Waals surface area (Å²) in [5.74, 6) is -0.947. The predicted molar refractivity (Wildman–Crippen MR) is 101 cm³/mol. The lowest BCUT2D eigenvalue weighted by Crippen LogP contribution is -2.54. The Morgan fingerprint density at radius 2 is 2.17 bits per heavy atom. The van der Waals surface area contributed by atoms with E-state index < -0.39 is 27.6 Å². The molecule has 1 saturated heterocycles. The van der Waals surface area contributed by atoms with Gasteiger partial charge in [0.25, 0.3) is 0 Å². The predicted octanol–water partition coefficient (Wildman–Crippen LogP) is 0.968. The molecule has 0 spiro atoms. The number of sulfonamides is 1. The first-order valence-electron chi connectivity index (χ1n) is 9.10. The number of aryl methyl sites for hydroxylation is 1. The molecule has 2 heterocycles. The Bertz CT molecular complexity index is 965. The number of halogens is 1. The lowest BCUT2D eigenvalue weighted by Gasteiger charge is -2.36. The van der Waals surface area contributed by atoms with Crippen molar-refractivity contribution in [1.82, 2.24) is 19.8 Å². The summed E-state index contributed by atoms with van der Waals surface area (Å²) in [5.41, 5.74) is 0.0992. The summed E-state index contributed by atoms with van der Waals surface area (Å²) < 4.78 is 51.0. The maximum Gasteiger partial charge on any atom is 0.246 e. The second kappa shape index (κ2) is 8.97. The Kier molecular flexibility index (Phi) is 6.60. The number of carbonyl (C=O) groups excluding carboxylic acids is 1. The normalized spacial score (nSPS) is 20.5. The molecule has 29 heavy (non-hydrogen) atoms. The van der Waals surface area contributed by atoms with E-state index in [0.29, 0.717) is 18.1 Å². The summed E-state index contributed by atoms with van der Waals surface area (Å²) in [5, 5.41) is 6.56. The molecule has 11 heteroatoms. The molecule has 1 aromatic carbocycles. The quantitative estimate of drug-likeness (QED) is 0.701. The van der Waals surface area contributed by atoms with Crippen LogP contribution < -0.4 is 5.32 Å². The molecule has 1 amide bonds. The largest absolute Gasteiger partial charge is 0.375 e. The highest BCUT2D eigenvalue weighted by Gasteiger charge is 2.39. The number of piperidine rings is 1.